The van der Waals surface area contributed by atoms with Gasteiger partial charge in [0, 0.05) is 18.8 Å². The number of aromatic hydroxyl groups is 1. The van der Waals surface area contributed by atoms with E-state index in [1.54, 1.807) is 46.8 Å². The number of pyridine rings is 1. The summed E-state index contributed by atoms with van der Waals surface area (Å²) in [7, 11) is 1.37. The number of benzene rings is 1. The third-order valence-electron chi connectivity index (χ3n) is 7.18. The van der Waals surface area contributed by atoms with E-state index in [1.165, 1.54) is 19.4 Å². The number of aromatic nitrogens is 1. The maximum atomic E-state index is 13.4. The Labute approximate surface area is 257 Å². The Morgan fingerprint density at radius 3 is 2.50 bits per heavy atom. The molecular formula is C33H40N2O9. The summed E-state index contributed by atoms with van der Waals surface area (Å²) in [4.78, 5) is 55.7. The fourth-order valence-corrected chi connectivity index (χ4v) is 4.64. The van der Waals surface area contributed by atoms with Crippen LogP contribution >= 0.6 is 0 Å². The minimum absolute atomic E-state index is 0.109. The predicted molar refractivity (Wildman–Crippen MR) is 161 cm³/mol. The summed E-state index contributed by atoms with van der Waals surface area (Å²) in [6.45, 7) is 8.32. The molecule has 236 valence electrons. The standard InChI is InChI=1S/C33H40N2O9/c1-19(2)31(38)44-29-22(5)43-33(40)25(18-42-32(39)24(29)17-23-10-8-7-9-11-23)21(4)16-20(3)12-14-35-30(37)27-28(36)26(41-6)13-15-34-27/h7-13,15-16,19,22,24-25,29,36H,14,17-18H2,1-6H3,(H,35,37). The Bertz CT molecular complexity index is 1400. The summed E-state index contributed by atoms with van der Waals surface area (Å²) < 4.78 is 22.2. The van der Waals surface area contributed by atoms with Crippen molar-refractivity contribution in [3.8, 4) is 11.5 Å². The molecule has 1 aliphatic rings. The Morgan fingerprint density at radius 2 is 1.84 bits per heavy atom. The molecule has 4 unspecified atom stereocenters. The number of ether oxygens (including phenoxy) is 4. The van der Waals surface area contributed by atoms with Crippen molar-refractivity contribution in [2.75, 3.05) is 20.3 Å². The first-order chi connectivity index (χ1) is 20.9. The van der Waals surface area contributed by atoms with Crippen molar-refractivity contribution in [2.24, 2.45) is 17.8 Å². The lowest BCUT2D eigenvalue weighted by molar-refractivity contribution is -0.176. The molecule has 0 spiro atoms. The number of cyclic esters (lactones) is 2. The molecule has 11 heteroatoms. The minimum atomic E-state index is -1.05. The third-order valence-corrected chi connectivity index (χ3v) is 7.18. The lowest BCUT2D eigenvalue weighted by Gasteiger charge is -2.29. The number of carbonyl (C=O) groups excluding carboxylic acids is 4. The highest BCUT2D eigenvalue weighted by Gasteiger charge is 2.42. The van der Waals surface area contributed by atoms with Gasteiger partial charge in [-0.1, -0.05) is 67.5 Å². The zero-order valence-electron chi connectivity index (χ0n) is 25.9. The SMILES string of the molecule is COc1ccnc(C(=O)NCC=C(C)C=C(C)C2COC(=O)C(Cc3ccccc3)C(OC(=O)C(C)C)C(C)OC2=O)c1O. The normalized spacial score (nSPS) is 21.3. The van der Waals surface area contributed by atoms with Gasteiger partial charge in [-0.25, -0.2) is 4.98 Å². The number of amides is 1. The predicted octanol–water partition coefficient (Wildman–Crippen LogP) is 3.95. The summed E-state index contributed by atoms with van der Waals surface area (Å²) in [5, 5.41) is 12.8. The van der Waals surface area contributed by atoms with E-state index in [-0.39, 0.29) is 36.8 Å². The third kappa shape index (κ3) is 8.92. The first-order valence-electron chi connectivity index (χ1n) is 14.4. The number of nitrogens with one attached hydrogen (secondary N) is 1. The van der Waals surface area contributed by atoms with Crippen molar-refractivity contribution < 1.29 is 43.2 Å². The van der Waals surface area contributed by atoms with Gasteiger partial charge in [-0.2, -0.15) is 0 Å². The fraction of sp³-hybridized carbons (Fsp3) is 0.424. The lowest BCUT2D eigenvalue weighted by Crippen LogP contribution is -2.43. The molecule has 2 N–H and O–H groups in total. The quantitative estimate of drug-likeness (QED) is 0.231. The van der Waals surface area contributed by atoms with Crippen molar-refractivity contribution >= 4 is 23.8 Å². The van der Waals surface area contributed by atoms with E-state index >= 15 is 0 Å². The Morgan fingerprint density at radius 1 is 1.14 bits per heavy atom. The van der Waals surface area contributed by atoms with E-state index in [1.807, 2.05) is 30.3 Å². The second kappa shape index (κ2) is 15.7. The summed E-state index contributed by atoms with van der Waals surface area (Å²) in [5.74, 6) is -4.81. The highest BCUT2D eigenvalue weighted by molar-refractivity contribution is 5.95. The number of methoxy groups -OCH3 is 1. The van der Waals surface area contributed by atoms with Crippen LogP contribution in [-0.2, 0) is 35.0 Å². The van der Waals surface area contributed by atoms with E-state index in [0.717, 1.165) is 5.56 Å². The molecule has 1 aromatic carbocycles. The Kier molecular flexibility index (Phi) is 12.1. The molecule has 1 aromatic heterocycles. The largest absolute Gasteiger partial charge is 0.503 e. The number of allylic oxidation sites excluding steroid dienone is 2. The molecule has 0 saturated carbocycles. The van der Waals surface area contributed by atoms with Crippen molar-refractivity contribution in [2.45, 2.75) is 53.2 Å². The number of hydrogen-bond acceptors (Lipinski definition) is 10. The van der Waals surface area contributed by atoms with Crippen LogP contribution in [0.4, 0.5) is 0 Å². The second-order valence-electron chi connectivity index (χ2n) is 10.9. The first kappa shape index (κ1) is 33.8. The van der Waals surface area contributed by atoms with Crippen molar-refractivity contribution in [1.29, 1.82) is 0 Å². The number of rotatable bonds is 10. The van der Waals surface area contributed by atoms with Gasteiger partial charge in [0.05, 0.1) is 13.0 Å². The number of esters is 3. The van der Waals surface area contributed by atoms with Gasteiger partial charge in [0.2, 0.25) is 0 Å². The molecule has 0 aliphatic carbocycles. The van der Waals surface area contributed by atoms with Crippen LogP contribution in [0.5, 0.6) is 11.5 Å². The molecule has 11 nitrogen and oxygen atoms in total. The molecule has 1 fully saturated rings. The van der Waals surface area contributed by atoms with Crippen molar-refractivity contribution in [3.05, 3.63) is 77.2 Å². The summed E-state index contributed by atoms with van der Waals surface area (Å²) >= 11 is 0. The number of nitrogens with zero attached hydrogens (tertiary/aromatic N) is 1. The van der Waals surface area contributed by atoms with Crippen molar-refractivity contribution in [3.63, 3.8) is 0 Å². The maximum Gasteiger partial charge on any atom is 0.316 e. The highest BCUT2D eigenvalue weighted by Crippen LogP contribution is 2.28. The first-order valence-corrected chi connectivity index (χ1v) is 14.4. The zero-order chi connectivity index (χ0) is 32.4. The summed E-state index contributed by atoms with van der Waals surface area (Å²) in [6.07, 6.45) is 3.05. The van der Waals surface area contributed by atoms with E-state index in [2.05, 4.69) is 10.3 Å². The fourth-order valence-electron chi connectivity index (χ4n) is 4.64. The molecule has 1 amide bonds. The van der Waals surface area contributed by atoms with Gasteiger partial charge < -0.3 is 29.4 Å². The second-order valence-corrected chi connectivity index (χ2v) is 10.9. The summed E-state index contributed by atoms with van der Waals surface area (Å²) in [6, 6.07) is 10.7. The molecule has 1 aliphatic heterocycles. The van der Waals surface area contributed by atoms with Crippen LogP contribution in [0.25, 0.3) is 0 Å². The van der Waals surface area contributed by atoms with E-state index in [4.69, 9.17) is 18.9 Å². The molecule has 44 heavy (non-hydrogen) atoms. The highest BCUT2D eigenvalue weighted by atomic mass is 16.6. The smallest absolute Gasteiger partial charge is 0.316 e. The molecule has 2 heterocycles. The van der Waals surface area contributed by atoms with Gasteiger partial charge in [-0.15, -0.1) is 0 Å². The molecule has 4 atom stereocenters. The number of hydrogen-bond donors (Lipinski definition) is 2. The van der Waals surface area contributed by atoms with Crippen LogP contribution in [0.15, 0.2) is 65.9 Å². The van der Waals surface area contributed by atoms with E-state index < -0.39 is 53.8 Å². The molecule has 1 saturated heterocycles. The zero-order valence-corrected chi connectivity index (χ0v) is 25.9. The van der Waals surface area contributed by atoms with Gasteiger partial charge in [-0.3, -0.25) is 19.2 Å². The summed E-state index contributed by atoms with van der Waals surface area (Å²) in [5.41, 5.74) is 1.95. The van der Waals surface area contributed by atoms with Crippen LogP contribution in [0.1, 0.15) is 50.7 Å². The Hall–Kier alpha value is -4.67. The van der Waals surface area contributed by atoms with Gasteiger partial charge in [0.1, 0.15) is 24.5 Å². The maximum absolute atomic E-state index is 13.4. The van der Waals surface area contributed by atoms with Gasteiger partial charge in [0.15, 0.2) is 23.3 Å². The van der Waals surface area contributed by atoms with Gasteiger partial charge in [0.25, 0.3) is 5.91 Å². The van der Waals surface area contributed by atoms with Crippen molar-refractivity contribution in [1.82, 2.24) is 10.3 Å². The molecule has 3 rings (SSSR count). The molecule has 0 radical (unpaired) electrons. The van der Waals surface area contributed by atoms with Crippen LogP contribution in [0.2, 0.25) is 0 Å². The lowest BCUT2D eigenvalue weighted by atomic mass is 9.91. The van der Waals surface area contributed by atoms with E-state index in [0.29, 0.717) is 11.1 Å². The van der Waals surface area contributed by atoms with Crippen LogP contribution in [0, 0.1) is 17.8 Å². The van der Waals surface area contributed by atoms with Gasteiger partial charge in [-0.05, 0) is 32.8 Å². The van der Waals surface area contributed by atoms with Gasteiger partial charge >= 0.3 is 17.9 Å². The topological polar surface area (TPSA) is 150 Å². The van der Waals surface area contributed by atoms with Crippen LogP contribution < -0.4 is 10.1 Å². The molecule has 2 aromatic rings. The number of carbonyl (C=O) groups is 4. The molecule has 0 bridgehead atoms. The molecular weight excluding hydrogens is 568 g/mol. The minimum Gasteiger partial charge on any atom is -0.503 e. The van der Waals surface area contributed by atoms with Crippen LogP contribution in [0.3, 0.4) is 0 Å². The van der Waals surface area contributed by atoms with Crippen LogP contribution in [-0.4, -0.2) is 66.4 Å². The Balaban J connectivity index is 1.77. The monoisotopic (exact) mass is 608 g/mol. The van der Waals surface area contributed by atoms with E-state index in [9.17, 15) is 24.3 Å². The average Bonchev–Trinajstić information content (AvgIpc) is 3.02. The average molecular weight is 609 g/mol.